The van der Waals surface area contributed by atoms with Crippen molar-refractivity contribution in [3.05, 3.63) is 0 Å². The molecule has 1 heterocycles. The Morgan fingerprint density at radius 2 is 1.96 bits per heavy atom. The minimum Gasteiger partial charge on any atom is -0.469 e. The zero-order valence-electron chi connectivity index (χ0n) is 15.6. The lowest BCUT2D eigenvalue weighted by atomic mass is 10.0. The first-order chi connectivity index (χ1) is 11.1. The van der Waals surface area contributed by atoms with E-state index in [0.717, 1.165) is 57.8 Å². The third-order valence-corrected chi connectivity index (χ3v) is 4.23. The number of methoxy groups -OCH3 is 1. The average Bonchev–Trinajstić information content (AvgIpc) is 2.54. The zero-order valence-corrected chi connectivity index (χ0v) is 18.0. The van der Waals surface area contributed by atoms with Crippen molar-refractivity contribution >= 4 is 35.9 Å². The maximum atomic E-state index is 11.1. The van der Waals surface area contributed by atoms with Gasteiger partial charge in [0.05, 0.1) is 7.11 Å². The fourth-order valence-corrected chi connectivity index (χ4v) is 2.75. The fourth-order valence-electron chi connectivity index (χ4n) is 2.75. The highest BCUT2D eigenvalue weighted by Crippen LogP contribution is 2.12. The molecule has 0 aromatic carbocycles. The number of unbranched alkanes of at least 4 members (excludes halogenated alkanes) is 1. The quantitative estimate of drug-likeness (QED) is 0.194. The summed E-state index contributed by atoms with van der Waals surface area (Å²) in [5.41, 5.74) is 0. The Kier molecular flexibility index (Phi) is 13.4. The summed E-state index contributed by atoms with van der Waals surface area (Å²) in [4.78, 5) is 18.2. The highest BCUT2D eigenvalue weighted by Gasteiger charge is 2.21. The van der Waals surface area contributed by atoms with Gasteiger partial charge in [0.1, 0.15) is 0 Å². The number of aliphatic imine (C=N–C) groups is 1. The van der Waals surface area contributed by atoms with Crippen molar-refractivity contribution in [3.63, 3.8) is 0 Å². The molecule has 0 bridgehead atoms. The van der Waals surface area contributed by atoms with Crippen LogP contribution in [0.5, 0.6) is 0 Å². The van der Waals surface area contributed by atoms with Gasteiger partial charge in [-0.05, 0) is 46.5 Å². The first-order valence-corrected chi connectivity index (χ1v) is 8.92. The van der Waals surface area contributed by atoms with Gasteiger partial charge in [0.2, 0.25) is 0 Å². The number of carbonyl (C=O) groups is 1. The lowest BCUT2D eigenvalue weighted by molar-refractivity contribution is -0.140. The number of hydrogen-bond donors (Lipinski definition) is 2. The first kappa shape index (κ1) is 23.4. The first-order valence-electron chi connectivity index (χ1n) is 8.92. The molecule has 7 heteroatoms. The molecule has 1 saturated heterocycles. The number of nitrogens with zero attached hydrogens (tertiary/aromatic N) is 2. The van der Waals surface area contributed by atoms with Gasteiger partial charge in [-0.1, -0.05) is 0 Å². The molecule has 0 aromatic heterocycles. The van der Waals surface area contributed by atoms with Gasteiger partial charge in [-0.25, -0.2) is 0 Å². The Hall–Kier alpha value is -0.570. The average molecular weight is 454 g/mol. The number of piperidine rings is 1. The van der Waals surface area contributed by atoms with E-state index in [1.165, 1.54) is 7.11 Å². The van der Waals surface area contributed by atoms with Gasteiger partial charge < -0.3 is 20.3 Å². The van der Waals surface area contributed by atoms with Gasteiger partial charge in [0.25, 0.3) is 0 Å². The molecule has 0 aromatic rings. The third kappa shape index (κ3) is 9.66. The Morgan fingerprint density at radius 3 is 2.50 bits per heavy atom. The Balaban J connectivity index is 0.00000529. The Bertz CT molecular complexity index is 370. The number of halogens is 1. The second-order valence-corrected chi connectivity index (χ2v) is 6.34. The molecule has 0 unspecified atom stereocenters. The van der Waals surface area contributed by atoms with Gasteiger partial charge in [0.15, 0.2) is 5.96 Å². The highest BCUT2D eigenvalue weighted by molar-refractivity contribution is 14.0. The molecular weight excluding hydrogens is 419 g/mol. The molecule has 1 aliphatic heterocycles. The van der Waals surface area contributed by atoms with E-state index >= 15 is 0 Å². The molecule has 0 spiro atoms. The summed E-state index contributed by atoms with van der Waals surface area (Å²) in [7, 11) is 1.43. The van der Waals surface area contributed by atoms with Crippen molar-refractivity contribution < 1.29 is 9.53 Å². The normalized spacial score (nSPS) is 16.6. The van der Waals surface area contributed by atoms with Crippen LogP contribution in [0.15, 0.2) is 4.99 Å². The minimum absolute atomic E-state index is 0. The number of carbonyl (C=O) groups excluding carboxylic acids is 1. The molecular formula is C17H35IN4O2. The van der Waals surface area contributed by atoms with E-state index in [-0.39, 0.29) is 29.9 Å². The van der Waals surface area contributed by atoms with E-state index in [2.05, 4.69) is 46.0 Å². The number of esters is 1. The molecule has 1 rings (SSSR count). The predicted octanol–water partition coefficient (Wildman–Crippen LogP) is 2.38. The van der Waals surface area contributed by atoms with Crippen LogP contribution >= 0.6 is 24.0 Å². The van der Waals surface area contributed by atoms with Crippen molar-refractivity contribution in [2.75, 3.05) is 33.3 Å². The van der Waals surface area contributed by atoms with Crippen LogP contribution < -0.4 is 10.6 Å². The number of hydrogen-bond acceptors (Lipinski definition) is 4. The van der Waals surface area contributed by atoms with Crippen LogP contribution in [0.4, 0.5) is 0 Å². The molecule has 1 fully saturated rings. The molecule has 0 amide bonds. The molecule has 0 aliphatic carbocycles. The second-order valence-electron chi connectivity index (χ2n) is 6.34. The van der Waals surface area contributed by atoms with Crippen LogP contribution in [-0.4, -0.2) is 62.2 Å². The largest absolute Gasteiger partial charge is 0.469 e. The minimum atomic E-state index is -0.143. The van der Waals surface area contributed by atoms with Crippen LogP contribution in [0.1, 0.15) is 52.9 Å². The lowest BCUT2D eigenvalue weighted by Crippen LogP contribution is -2.49. The summed E-state index contributed by atoms with van der Waals surface area (Å²) in [6, 6.07) is 1.13. The SMILES string of the molecule is CCNC(=NCCCCC(=O)OC)NC1CCN(C(C)C)CC1.I. The maximum absolute atomic E-state index is 11.1. The maximum Gasteiger partial charge on any atom is 0.305 e. The van der Waals surface area contributed by atoms with Crippen molar-refractivity contribution in [1.82, 2.24) is 15.5 Å². The molecule has 0 atom stereocenters. The monoisotopic (exact) mass is 454 g/mol. The summed E-state index contributed by atoms with van der Waals surface area (Å²) >= 11 is 0. The van der Waals surface area contributed by atoms with Gasteiger partial charge >= 0.3 is 5.97 Å². The standard InChI is InChI=1S/C17H34N4O2.HI/c1-5-18-17(19-11-7-6-8-16(22)23-4)20-15-9-12-21(13-10-15)14(2)3;/h14-15H,5-13H2,1-4H3,(H2,18,19,20);1H. The van der Waals surface area contributed by atoms with E-state index in [9.17, 15) is 4.79 Å². The van der Waals surface area contributed by atoms with E-state index in [4.69, 9.17) is 0 Å². The number of rotatable bonds is 8. The summed E-state index contributed by atoms with van der Waals surface area (Å²) in [5, 5.41) is 6.86. The molecule has 24 heavy (non-hydrogen) atoms. The molecule has 2 N–H and O–H groups in total. The Morgan fingerprint density at radius 1 is 1.29 bits per heavy atom. The predicted molar refractivity (Wildman–Crippen MR) is 110 cm³/mol. The van der Waals surface area contributed by atoms with Crippen molar-refractivity contribution in [2.24, 2.45) is 4.99 Å². The van der Waals surface area contributed by atoms with E-state index in [1.807, 2.05) is 0 Å². The lowest BCUT2D eigenvalue weighted by Gasteiger charge is -2.35. The van der Waals surface area contributed by atoms with Crippen molar-refractivity contribution in [1.29, 1.82) is 0 Å². The van der Waals surface area contributed by atoms with E-state index in [1.54, 1.807) is 0 Å². The van der Waals surface area contributed by atoms with Crippen LogP contribution in [-0.2, 0) is 9.53 Å². The molecule has 0 saturated carbocycles. The topological polar surface area (TPSA) is 66.0 Å². The second kappa shape index (κ2) is 13.7. The third-order valence-electron chi connectivity index (χ3n) is 4.23. The molecule has 142 valence electrons. The number of likely N-dealkylation sites (tertiary alicyclic amines) is 1. The summed E-state index contributed by atoms with van der Waals surface area (Å²) in [6.07, 6.45) is 4.51. The fraction of sp³-hybridized carbons (Fsp3) is 0.882. The molecule has 6 nitrogen and oxygen atoms in total. The zero-order chi connectivity index (χ0) is 17.1. The summed E-state index contributed by atoms with van der Waals surface area (Å²) < 4.78 is 4.64. The van der Waals surface area contributed by atoms with Crippen LogP contribution in [0, 0.1) is 0 Å². The smallest absolute Gasteiger partial charge is 0.305 e. The van der Waals surface area contributed by atoms with E-state index in [0.29, 0.717) is 18.5 Å². The van der Waals surface area contributed by atoms with Crippen LogP contribution in [0.25, 0.3) is 0 Å². The van der Waals surface area contributed by atoms with Gasteiger partial charge in [-0.2, -0.15) is 0 Å². The Labute approximate surface area is 164 Å². The molecule has 1 aliphatic rings. The van der Waals surface area contributed by atoms with Crippen molar-refractivity contribution in [3.8, 4) is 0 Å². The number of nitrogens with one attached hydrogen (secondary N) is 2. The summed E-state index contributed by atoms with van der Waals surface area (Å²) in [6.45, 7) is 10.5. The van der Waals surface area contributed by atoms with Gasteiger partial charge in [-0.3, -0.25) is 9.79 Å². The van der Waals surface area contributed by atoms with Crippen LogP contribution in [0.2, 0.25) is 0 Å². The van der Waals surface area contributed by atoms with Crippen LogP contribution in [0.3, 0.4) is 0 Å². The van der Waals surface area contributed by atoms with Gasteiger partial charge in [0, 0.05) is 44.7 Å². The number of guanidine groups is 1. The highest BCUT2D eigenvalue weighted by atomic mass is 127. The number of ether oxygens (including phenoxy) is 1. The van der Waals surface area contributed by atoms with E-state index < -0.39 is 0 Å². The summed E-state index contributed by atoms with van der Waals surface area (Å²) in [5.74, 6) is 0.754. The molecule has 0 radical (unpaired) electrons. The van der Waals surface area contributed by atoms with Crippen molar-refractivity contribution in [2.45, 2.75) is 65.0 Å². The van der Waals surface area contributed by atoms with Gasteiger partial charge in [-0.15, -0.1) is 24.0 Å².